The standard InChI is InChI=1S/C17H22N2/c1-18-11-6-10-17(18)16-9-5-12-19(14-16)13-15-7-3-2-4-8-15/h2-5,7-8,12,14,17H,6,9-11,13H2,1H3/t17-/m0/s1. The van der Waals surface area contributed by atoms with E-state index in [1.165, 1.54) is 24.9 Å². The third-order valence-corrected chi connectivity index (χ3v) is 4.14. The van der Waals surface area contributed by atoms with Gasteiger partial charge in [0.1, 0.15) is 0 Å². The number of likely N-dealkylation sites (tertiary alicyclic amines) is 1. The van der Waals surface area contributed by atoms with Crippen molar-refractivity contribution >= 4 is 0 Å². The summed E-state index contributed by atoms with van der Waals surface area (Å²) in [7, 11) is 2.25. The Morgan fingerprint density at radius 2 is 2.05 bits per heavy atom. The summed E-state index contributed by atoms with van der Waals surface area (Å²) in [6.45, 7) is 2.21. The Bertz CT molecular complexity index is 475. The third-order valence-electron chi connectivity index (χ3n) is 4.14. The minimum Gasteiger partial charge on any atom is -0.350 e. The van der Waals surface area contributed by atoms with E-state index in [4.69, 9.17) is 0 Å². The van der Waals surface area contributed by atoms with Crippen molar-refractivity contribution in [2.45, 2.75) is 31.8 Å². The largest absolute Gasteiger partial charge is 0.350 e. The van der Waals surface area contributed by atoms with Crippen molar-refractivity contribution in [3.8, 4) is 0 Å². The normalized spacial score (nSPS) is 23.7. The van der Waals surface area contributed by atoms with Crippen molar-refractivity contribution in [2.75, 3.05) is 13.6 Å². The molecule has 1 aromatic rings. The molecule has 1 saturated heterocycles. The number of nitrogens with zero attached hydrogens (tertiary/aromatic N) is 2. The molecule has 2 aliphatic rings. The lowest BCUT2D eigenvalue weighted by molar-refractivity contribution is 0.334. The molecule has 2 nitrogen and oxygen atoms in total. The fraction of sp³-hybridized carbons (Fsp3) is 0.412. The minimum atomic E-state index is 0.656. The molecular formula is C17H22N2. The molecule has 1 aromatic carbocycles. The van der Waals surface area contributed by atoms with E-state index in [9.17, 15) is 0 Å². The second-order valence-electron chi connectivity index (χ2n) is 5.59. The summed E-state index contributed by atoms with van der Waals surface area (Å²) >= 11 is 0. The van der Waals surface area contributed by atoms with Crippen LogP contribution < -0.4 is 0 Å². The van der Waals surface area contributed by atoms with E-state index in [1.54, 1.807) is 5.57 Å². The van der Waals surface area contributed by atoms with E-state index in [2.05, 4.69) is 65.7 Å². The second kappa shape index (κ2) is 5.62. The van der Waals surface area contributed by atoms with E-state index in [-0.39, 0.29) is 0 Å². The van der Waals surface area contributed by atoms with Crippen LogP contribution in [0.25, 0.3) is 0 Å². The SMILES string of the molecule is CN1CCC[C@H]1C1=CN(Cc2ccccc2)C=CC1. The number of allylic oxidation sites excluding steroid dienone is 1. The maximum atomic E-state index is 2.49. The highest BCUT2D eigenvalue weighted by Gasteiger charge is 2.25. The molecule has 2 aliphatic heterocycles. The third kappa shape index (κ3) is 2.90. The predicted molar refractivity (Wildman–Crippen MR) is 79.5 cm³/mol. The van der Waals surface area contributed by atoms with Gasteiger partial charge < -0.3 is 4.90 Å². The molecule has 0 radical (unpaired) electrons. The van der Waals surface area contributed by atoms with Gasteiger partial charge >= 0.3 is 0 Å². The summed E-state index contributed by atoms with van der Waals surface area (Å²) in [5, 5.41) is 0. The zero-order valence-corrected chi connectivity index (χ0v) is 11.6. The van der Waals surface area contributed by atoms with Gasteiger partial charge in [-0.25, -0.2) is 0 Å². The van der Waals surface area contributed by atoms with Crippen molar-refractivity contribution in [3.05, 3.63) is 59.9 Å². The number of hydrogen-bond acceptors (Lipinski definition) is 2. The average molecular weight is 254 g/mol. The fourth-order valence-corrected chi connectivity index (χ4v) is 3.13. The Morgan fingerprint density at radius 3 is 2.79 bits per heavy atom. The van der Waals surface area contributed by atoms with Crippen LogP contribution in [0.3, 0.4) is 0 Å². The van der Waals surface area contributed by atoms with Crippen LogP contribution in [0.15, 0.2) is 54.4 Å². The van der Waals surface area contributed by atoms with E-state index in [1.807, 2.05) is 0 Å². The van der Waals surface area contributed by atoms with Crippen molar-refractivity contribution in [1.82, 2.24) is 9.80 Å². The number of benzene rings is 1. The second-order valence-corrected chi connectivity index (χ2v) is 5.59. The van der Waals surface area contributed by atoms with Gasteiger partial charge in [-0.3, -0.25) is 4.90 Å². The van der Waals surface area contributed by atoms with E-state index >= 15 is 0 Å². The van der Waals surface area contributed by atoms with E-state index < -0.39 is 0 Å². The molecule has 0 amide bonds. The Hall–Kier alpha value is -1.54. The summed E-state index contributed by atoms with van der Waals surface area (Å²) in [5.41, 5.74) is 2.93. The average Bonchev–Trinajstić information content (AvgIpc) is 2.86. The first-order valence-electron chi connectivity index (χ1n) is 7.20. The molecule has 1 fully saturated rings. The molecule has 0 unspecified atom stereocenters. The highest BCUT2D eigenvalue weighted by molar-refractivity contribution is 5.22. The van der Waals surface area contributed by atoms with Gasteiger partial charge in [0, 0.05) is 25.0 Å². The van der Waals surface area contributed by atoms with Crippen LogP contribution in [0, 0.1) is 0 Å². The molecule has 0 aromatic heterocycles. The van der Waals surface area contributed by atoms with Gasteiger partial charge in [-0.2, -0.15) is 0 Å². The molecule has 2 heteroatoms. The van der Waals surface area contributed by atoms with Crippen LogP contribution in [0.4, 0.5) is 0 Å². The van der Waals surface area contributed by atoms with Gasteiger partial charge in [0.05, 0.1) is 0 Å². The monoisotopic (exact) mass is 254 g/mol. The molecule has 3 rings (SSSR count). The maximum absolute atomic E-state index is 2.49. The van der Waals surface area contributed by atoms with Crippen LogP contribution >= 0.6 is 0 Å². The fourth-order valence-electron chi connectivity index (χ4n) is 3.13. The first kappa shape index (κ1) is 12.5. The molecule has 0 N–H and O–H groups in total. The van der Waals surface area contributed by atoms with Gasteiger partial charge in [-0.1, -0.05) is 36.4 Å². The van der Waals surface area contributed by atoms with Gasteiger partial charge in [0.25, 0.3) is 0 Å². The van der Waals surface area contributed by atoms with Crippen LogP contribution in [-0.4, -0.2) is 29.4 Å². The summed E-state index contributed by atoms with van der Waals surface area (Å²) < 4.78 is 0. The molecule has 0 saturated carbocycles. The first-order chi connectivity index (χ1) is 9.33. The van der Waals surface area contributed by atoms with Crippen molar-refractivity contribution in [1.29, 1.82) is 0 Å². The van der Waals surface area contributed by atoms with Crippen molar-refractivity contribution in [2.24, 2.45) is 0 Å². The van der Waals surface area contributed by atoms with Crippen LogP contribution in [0.2, 0.25) is 0 Å². The Labute approximate surface area is 116 Å². The quantitative estimate of drug-likeness (QED) is 0.816. The molecular weight excluding hydrogens is 232 g/mol. The van der Waals surface area contributed by atoms with Gasteiger partial charge in [0.15, 0.2) is 0 Å². The molecule has 2 heterocycles. The lowest BCUT2D eigenvalue weighted by atomic mass is 10.0. The van der Waals surface area contributed by atoms with Gasteiger partial charge in [-0.15, -0.1) is 0 Å². The summed E-state index contributed by atoms with van der Waals surface area (Å²) in [6, 6.07) is 11.3. The molecule has 0 aliphatic carbocycles. The Balaban J connectivity index is 1.71. The topological polar surface area (TPSA) is 6.48 Å². The zero-order valence-electron chi connectivity index (χ0n) is 11.6. The van der Waals surface area contributed by atoms with Gasteiger partial charge in [0.2, 0.25) is 0 Å². The predicted octanol–water partition coefficient (Wildman–Crippen LogP) is 3.38. The lowest BCUT2D eigenvalue weighted by Crippen LogP contribution is -2.29. The van der Waals surface area contributed by atoms with Crippen LogP contribution in [0.5, 0.6) is 0 Å². The summed E-state index contributed by atoms with van der Waals surface area (Å²) in [6.07, 6.45) is 10.6. The van der Waals surface area contributed by atoms with Crippen molar-refractivity contribution < 1.29 is 0 Å². The van der Waals surface area contributed by atoms with Crippen LogP contribution in [-0.2, 0) is 6.54 Å². The Morgan fingerprint density at radius 1 is 1.21 bits per heavy atom. The molecule has 1 atom stereocenters. The lowest BCUT2D eigenvalue weighted by Gasteiger charge is -2.28. The first-order valence-corrected chi connectivity index (χ1v) is 7.20. The zero-order chi connectivity index (χ0) is 13.1. The summed E-state index contributed by atoms with van der Waals surface area (Å²) in [4.78, 5) is 4.81. The number of hydrogen-bond donors (Lipinski definition) is 0. The van der Waals surface area contributed by atoms with E-state index in [0.29, 0.717) is 6.04 Å². The number of rotatable bonds is 3. The van der Waals surface area contributed by atoms with Crippen LogP contribution in [0.1, 0.15) is 24.8 Å². The maximum Gasteiger partial charge on any atom is 0.0470 e. The highest BCUT2D eigenvalue weighted by Crippen LogP contribution is 2.27. The smallest absolute Gasteiger partial charge is 0.0470 e. The molecule has 0 spiro atoms. The van der Waals surface area contributed by atoms with Gasteiger partial charge in [-0.05, 0) is 44.0 Å². The molecule has 19 heavy (non-hydrogen) atoms. The number of likely N-dealkylation sites (N-methyl/N-ethyl adjacent to an activating group) is 1. The highest BCUT2D eigenvalue weighted by atomic mass is 15.2. The molecule has 100 valence electrons. The summed E-state index contributed by atoms with van der Waals surface area (Å²) in [5.74, 6) is 0. The minimum absolute atomic E-state index is 0.656. The molecule has 0 bridgehead atoms. The van der Waals surface area contributed by atoms with E-state index in [0.717, 1.165) is 13.0 Å². The van der Waals surface area contributed by atoms with Crippen molar-refractivity contribution in [3.63, 3.8) is 0 Å². The Kier molecular flexibility index (Phi) is 3.69.